The molecule has 0 spiro atoms. The van der Waals surface area contributed by atoms with Gasteiger partial charge in [-0.15, -0.1) is 0 Å². The lowest BCUT2D eigenvalue weighted by Gasteiger charge is -2.24. The third-order valence-corrected chi connectivity index (χ3v) is 3.06. The van der Waals surface area contributed by atoms with Gasteiger partial charge in [-0.05, 0) is 31.0 Å². The number of rotatable bonds is 3. The van der Waals surface area contributed by atoms with E-state index in [1.54, 1.807) is 19.2 Å². The second-order valence-electron chi connectivity index (χ2n) is 4.44. The fraction of sp³-hybridized carbons (Fsp3) is 0.462. The maximum atomic E-state index is 11.5. The molecule has 1 heterocycles. The number of hydrogen-bond acceptors (Lipinski definition) is 4. The molecular weight excluding hydrogens is 230 g/mol. The molecule has 1 aliphatic rings. The van der Waals surface area contributed by atoms with Gasteiger partial charge >= 0.3 is 0 Å². The molecule has 0 saturated carbocycles. The predicted octanol–water partition coefficient (Wildman–Crippen LogP) is 1.22. The van der Waals surface area contributed by atoms with Crippen molar-refractivity contribution < 1.29 is 9.53 Å². The summed E-state index contributed by atoms with van der Waals surface area (Å²) in [6.45, 7) is 1.54. The summed E-state index contributed by atoms with van der Waals surface area (Å²) in [5.74, 6) is -0.130. The highest BCUT2D eigenvalue weighted by molar-refractivity contribution is 5.95. The van der Waals surface area contributed by atoms with Gasteiger partial charge in [0.15, 0.2) is 0 Å². The van der Waals surface area contributed by atoms with E-state index in [9.17, 15) is 4.79 Å². The van der Waals surface area contributed by atoms with Crippen LogP contribution in [-0.2, 0) is 4.74 Å². The lowest BCUT2D eigenvalue weighted by molar-refractivity contribution is 0.0876. The molecule has 1 fully saturated rings. The maximum Gasteiger partial charge on any atom is 0.251 e. The van der Waals surface area contributed by atoms with Crippen molar-refractivity contribution in [2.45, 2.75) is 18.9 Å². The minimum atomic E-state index is -0.130. The first-order chi connectivity index (χ1) is 8.70. The molecular formula is C13H19N3O2. The highest BCUT2D eigenvalue weighted by Gasteiger charge is 2.15. The van der Waals surface area contributed by atoms with E-state index in [1.807, 2.05) is 6.07 Å². The number of hydrogen-bond donors (Lipinski definition) is 3. The summed E-state index contributed by atoms with van der Waals surface area (Å²) in [5, 5.41) is 5.93. The van der Waals surface area contributed by atoms with Crippen molar-refractivity contribution in [3.05, 3.63) is 23.8 Å². The van der Waals surface area contributed by atoms with Crippen LogP contribution in [-0.4, -0.2) is 32.2 Å². The Hall–Kier alpha value is -1.75. The van der Waals surface area contributed by atoms with Crippen LogP contribution in [0.25, 0.3) is 0 Å². The number of nitrogen functional groups attached to an aromatic ring is 1. The van der Waals surface area contributed by atoms with Gasteiger partial charge in [-0.3, -0.25) is 4.79 Å². The van der Waals surface area contributed by atoms with Crippen molar-refractivity contribution in [1.29, 1.82) is 0 Å². The molecule has 4 N–H and O–H groups in total. The van der Waals surface area contributed by atoms with Gasteiger partial charge in [0.2, 0.25) is 0 Å². The van der Waals surface area contributed by atoms with Gasteiger partial charge in [0, 0.05) is 25.3 Å². The monoisotopic (exact) mass is 249 g/mol. The van der Waals surface area contributed by atoms with E-state index in [4.69, 9.17) is 10.5 Å². The molecule has 0 aromatic heterocycles. The second-order valence-corrected chi connectivity index (χ2v) is 4.44. The number of anilines is 2. The summed E-state index contributed by atoms with van der Waals surface area (Å²) in [6, 6.07) is 5.59. The standard InChI is InChI=1S/C13H19N3O2/c1-15-13(17)9-4-5-12(11(14)7-9)16-10-3-2-6-18-8-10/h4-5,7,10,16H,2-3,6,8,14H2,1H3,(H,15,17). The summed E-state index contributed by atoms with van der Waals surface area (Å²) in [5.41, 5.74) is 7.96. The third kappa shape index (κ3) is 2.92. The van der Waals surface area contributed by atoms with Crippen molar-refractivity contribution in [2.24, 2.45) is 0 Å². The van der Waals surface area contributed by atoms with E-state index in [2.05, 4.69) is 10.6 Å². The fourth-order valence-electron chi connectivity index (χ4n) is 2.05. The minimum absolute atomic E-state index is 0.130. The molecule has 5 heteroatoms. The third-order valence-electron chi connectivity index (χ3n) is 3.06. The Morgan fingerprint density at radius 1 is 1.50 bits per heavy atom. The highest BCUT2D eigenvalue weighted by atomic mass is 16.5. The molecule has 1 aromatic carbocycles. The number of ether oxygens (including phenoxy) is 1. The van der Waals surface area contributed by atoms with E-state index in [0.717, 1.165) is 25.1 Å². The molecule has 1 aliphatic heterocycles. The van der Waals surface area contributed by atoms with Crippen LogP contribution in [0.15, 0.2) is 18.2 Å². The number of nitrogens with one attached hydrogen (secondary N) is 2. The fourth-order valence-corrected chi connectivity index (χ4v) is 2.05. The maximum absolute atomic E-state index is 11.5. The molecule has 2 rings (SSSR count). The molecule has 98 valence electrons. The highest BCUT2D eigenvalue weighted by Crippen LogP contribution is 2.22. The Bertz CT molecular complexity index is 428. The van der Waals surface area contributed by atoms with Gasteiger partial charge in [0.1, 0.15) is 0 Å². The van der Waals surface area contributed by atoms with E-state index in [1.165, 1.54) is 0 Å². The molecule has 0 radical (unpaired) electrons. The number of amides is 1. The first kappa shape index (κ1) is 12.7. The molecule has 1 saturated heterocycles. The SMILES string of the molecule is CNC(=O)c1ccc(NC2CCCOC2)c(N)c1. The normalized spacial score (nSPS) is 19.3. The second kappa shape index (κ2) is 5.73. The average Bonchev–Trinajstić information content (AvgIpc) is 2.41. The van der Waals surface area contributed by atoms with Gasteiger partial charge in [0.05, 0.1) is 18.0 Å². The summed E-state index contributed by atoms with van der Waals surface area (Å²) >= 11 is 0. The van der Waals surface area contributed by atoms with Crippen LogP contribution in [0.1, 0.15) is 23.2 Å². The van der Waals surface area contributed by atoms with Crippen molar-refractivity contribution in [3.8, 4) is 0 Å². The average molecular weight is 249 g/mol. The Labute approximate surface area is 107 Å². The van der Waals surface area contributed by atoms with Crippen molar-refractivity contribution in [2.75, 3.05) is 31.3 Å². The molecule has 0 aliphatic carbocycles. The quantitative estimate of drug-likeness (QED) is 0.704. The molecule has 5 nitrogen and oxygen atoms in total. The van der Waals surface area contributed by atoms with Crippen molar-refractivity contribution in [1.82, 2.24) is 5.32 Å². The minimum Gasteiger partial charge on any atom is -0.397 e. The Morgan fingerprint density at radius 3 is 2.94 bits per heavy atom. The first-order valence-electron chi connectivity index (χ1n) is 6.16. The zero-order valence-corrected chi connectivity index (χ0v) is 10.5. The summed E-state index contributed by atoms with van der Waals surface area (Å²) in [6.07, 6.45) is 2.14. The van der Waals surface area contributed by atoms with Crippen LogP contribution in [0.3, 0.4) is 0 Å². The Kier molecular flexibility index (Phi) is 4.04. The number of carbonyl (C=O) groups is 1. The molecule has 1 unspecified atom stereocenters. The lowest BCUT2D eigenvalue weighted by atomic mass is 10.1. The van der Waals surface area contributed by atoms with Gasteiger partial charge in [-0.2, -0.15) is 0 Å². The zero-order valence-electron chi connectivity index (χ0n) is 10.5. The number of benzene rings is 1. The van der Waals surface area contributed by atoms with E-state index in [-0.39, 0.29) is 5.91 Å². The lowest BCUT2D eigenvalue weighted by Crippen LogP contribution is -2.30. The Morgan fingerprint density at radius 2 is 2.33 bits per heavy atom. The molecule has 0 bridgehead atoms. The van der Waals surface area contributed by atoms with Crippen molar-refractivity contribution in [3.63, 3.8) is 0 Å². The summed E-state index contributed by atoms with van der Waals surface area (Å²) in [7, 11) is 1.60. The smallest absolute Gasteiger partial charge is 0.251 e. The van der Waals surface area contributed by atoms with Crippen LogP contribution in [0.4, 0.5) is 11.4 Å². The number of carbonyl (C=O) groups excluding carboxylic acids is 1. The molecule has 1 atom stereocenters. The van der Waals surface area contributed by atoms with Crippen LogP contribution in [0, 0.1) is 0 Å². The van der Waals surface area contributed by atoms with Crippen LogP contribution < -0.4 is 16.4 Å². The van der Waals surface area contributed by atoms with E-state index < -0.39 is 0 Å². The van der Waals surface area contributed by atoms with Crippen LogP contribution in [0.5, 0.6) is 0 Å². The van der Waals surface area contributed by atoms with Crippen LogP contribution in [0.2, 0.25) is 0 Å². The molecule has 1 amide bonds. The molecule has 1 aromatic rings. The zero-order chi connectivity index (χ0) is 13.0. The van der Waals surface area contributed by atoms with E-state index in [0.29, 0.717) is 23.9 Å². The van der Waals surface area contributed by atoms with Gasteiger partial charge in [-0.1, -0.05) is 0 Å². The number of nitrogens with two attached hydrogens (primary N) is 1. The summed E-state index contributed by atoms with van der Waals surface area (Å²) < 4.78 is 5.41. The topological polar surface area (TPSA) is 76.4 Å². The van der Waals surface area contributed by atoms with E-state index >= 15 is 0 Å². The molecule has 18 heavy (non-hydrogen) atoms. The Balaban J connectivity index is 2.07. The largest absolute Gasteiger partial charge is 0.397 e. The van der Waals surface area contributed by atoms with Gasteiger partial charge in [-0.25, -0.2) is 0 Å². The summed E-state index contributed by atoms with van der Waals surface area (Å²) in [4.78, 5) is 11.5. The predicted molar refractivity (Wildman–Crippen MR) is 71.7 cm³/mol. The first-order valence-corrected chi connectivity index (χ1v) is 6.16. The van der Waals surface area contributed by atoms with Gasteiger partial charge in [0.25, 0.3) is 5.91 Å². The van der Waals surface area contributed by atoms with Gasteiger partial charge < -0.3 is 21.1 Å². The van der Waals surface area contributed by atoms with Crippen molar-refractivity contribution >= 4 is 17.3 Å². The van der Waals surface area contributed by atoms with Crippen LogP contribution >= 0.6 is 0 Å².